The van der Waals surface area contributed by atoms with Crippen LogP contribution >= 0.6 is 11.6 Å². The first kappa shape index (κ1) is 20.3. The van der Waals surface area contributed by atoms with Crippen molar-refractivity contribution >= 4 is 23.2 Å². The summed E-state index contributed by atoms with van der Waals surface area (Å²) in [4.78, 5) is 18.4. The maximum Gasteiger partial charge on any atom is 0.389 e. The van der Waals surface area contributed by atoms with E-state index in [1.54, 1.807) is 4.90 Å². The maximum atomic E-state index is 12.4. The molecule has 2 aliphatic rings. The second-order valence-electron chi connectivity index (χ2n) is 7.25. The minimum atomic E-state index is -4.28. The van der Waals surface area contributed by atoms with Crippen molar-refractivity contribution in [3.8, 4) is 0 Å². The summed E-state index contributed by atoms with van der Waals surface area (Å²) in [6.07, 6.45) is -3.93. The van der Waals surface area contributed by atoms with Gasteiger partial charge < -0.3 is 9.80 Å². The first-order valence-corrected chi connectivity index (χ1v) is 9.79. The van der Waals surface area contributed by atoms with Crippen LogP contribution in [-0.2, 0) is 4.79 Å². The number of carbonyl (C=O) groups excluding carboxylic acids is 1. The van der Waals surface area contributed by atoms with Crippen molar-refractivity contribution in [1.82, 2.24) is 9.80 Å². The van der Waals surface area contributed by atoms with Crippen molar-refractivity contribution in [2.24, 2.45) is 0 Å². The number of hydrogen-bond donors (Lipinski definition) is 0. The number of benzene rings is 1. The lowest BCUT2D eigenvalue weighted by atomic mass is 10.0. The molecular formula is C19H25ClF3N3O. The molecule has 8 heteroatoms. The van der Waals surface area contributed by atoms with E-state index in [0.29, 0.717) is 13.1 Å². The van der Waals surface area contributed by atoms with Gasteiger partial charge in [0.05, 0.1) is 6.42 Å². The molecule has 27 heavy (non-hydrogen) atoms. The number of carbonyl (C=O) groups is 1. The van der Waals surface area contributed by atoms with E-state index in [-0.39, 0.29) is 11.9 Å². The summed E-state index contributed by atoms with van der Waals surface area (Å²) in [7, 11) is 0. The Bertz CT molecular complexity index is 647. The van der Waals surface area contributed by atoms with Gasteiger partial charge in [-0.15, -0.1) is 0 Å². The standard InChI is InChI=1S/C19H25ClF3N3O/c20-15-3-1-4-16(13-15)24-9-11-25(12-10-24)17-5-2-8-26(14-17)18(27)6-7-19(21,22)23/h1,3-4,13,17H,2,5-12,14H2/t17-/m1/s1. The van der Waals surface area contributed by atoms with Crippen LogP contribution in [0.4, 0.5) is 18.9 Å². The SMILES string of the molecule is O=C(CCC(F)(F)F)N1CCC[C@@H](N2CCN(c3cccc(Cl)c3)CC2)C1. The monoisotopic (exact) mass is 403 g/mol. The van der Waals surface area contributed by atoms with Gasteiger partial charge in [0.15, 0.2) is 0 Å². The number of alkyl halides is 3. The highest BCUT2D eigenvalue weighted by atomic mass is 35.5. The molecule has 0 spiro atoms. The number of halogens is 4. The summed E-state index contributed by atoms with van der Waals surface area (Å²) < 4.78 is 37.1. The van der Waals surface area contributed by atoms with Gasteiger partial charge in [-0.25, -0.2) is 0 Å². The summed E-state index contributed by atoms with van der Waals surface area (Å²) in [5.74, 6) is -0.380. The number of amides is 1. The Morgan fingerprint density at radius 3 is 2.56 bits per heavy atom. The third-order valence-electron chi connectivity index (χ3n) is 5.38. The first-order valence-electron chi connectivity index (χ1n) is 9.41. The fourth-order valence-electron chi connectivity index (χ4n) is 3.90. The van der Waals surface area contributed by atoms with Crippen LogP contribution in [0, 0.1) is 0 Å². The number of piperidine rings is 1. The molecule has 0 aliphatic carbocycles. The van der Waals surface area contributed by atoms with Crippen molar-refractivity contribution in [1.29, 1.82) is 0 Å². The zero-order chi connectivity index (χ0) is 19.4. The summed E-state index contributed by atoms with van der Waals surface area (Å²) in [5.41, 5.74) is 1.11. The van der Waals surface area contributed by atoms with Crippen LogP contribution in [0.25, 0.3) is 0 Å². The van der Waals surface area contributed by atoms with E-state index in [1.165, 1.54) is 0 Å². The minimum Gasteiger partial charge on any atom is -0.369 e. The second kappa shape index (κ2) is 8.69. The Kier molecular flexibility index (Phi) is 6.52. The molecule has 0 radical (unpaired) electrons. The summed E-state index contributed by atoms with van der Waals surface area (Å²) in [5, 5.41) is 0.718. The van der Waals surface area contributed by atoms with Gasteiger partial charge in [0.2, 0.25) is 5.91 Å². The van der Waals surface area contributed by atoms with Crippen LogP contribution in [0.15, 0.2) is 24.3 Å². The molecule has 2 fully saturated rings. The lowest BCUT2D eigenvalue weighted by Gasteiger charge is -2.44. The van der Waals surface area contributed by atoms with Crippen molar-refractivity contribution in [3.05, 3.63) is 29.3 Å². The summed E-state index contributed by atoms with van der Waals surface area (Å²) in [6, 6.07) is 8.03. The van der Waals surface area contributed by atoms with Crippen molar-refractivity contribution in [2.75, 3.05) is 44.2 Å². The van der Waals surface area contributed by atoms with E-state index in [1.807, 2.05) is 24.3 Å². The molecule has 0 bridgehead atoms. The Labute approximate surface area is 162 Å². The first-order chi connectivity index (χ1) is 12.8. The van der Waals surface area contributed by atoms with Gasteiger partial charge >= 0.3 is 6.18 Å². The molecule has 1 atom stereocenters. The Balaban J connectivity index is 1.50. The van der Waals surface area contributed by atoms with Crippen LogP contribution in [0.5, 0.6) is 0 Å². The average Bonchev–Trinajstić information content (AvgIpc) is 2.66. The number of piperazine rings is 1. The minimum absolute atomic E-state index is 0.232. The van der Waals surface area contributed by atoms with Gasteiger partial charge in [0, 0.05) is 62.4 Å². The lowest BCUT2D eigenvalue weighted by molar-refractivity contribution is -0.150. The predicted molar refractivity (Wildman–Crippen MR) is 100 cm³/mol. The molecule has 0 unspecified atom stereocenters. The van der Waals surface area contributed by atoms with Gasteiger partial charge in [-0.2, -0.15) is 13.2 Å². The van der Waals surface area contributed by atoms with Gasteiger partial charge in [-0.3, -0.25) is 9.69 Å². The quantitative estimate of drug-likeness (QED) is 0.765. The number of nitrogens with zero attached hydrogens (tertiary/aromatic N) is 3. The normalized spacial score (nSPS) is 22.1. The summed E-state index contributed by atoms with van der Waals surface area (Å²) >= 11 is 6.07. The van der Waals surface area contributed by atoms with Crippen molar-refractivity contribution in [2.45, 2.75) is 37.9 Å². The molecule has 0 aromatic heterocycles. The molecule has 0 N–H and O–H groups in total. The molecule has 1 aromatic carbocycles. The van der Waals surface area contributed by atoms with Gasteiger partial charge in [0.25, 0.3) is 0 Å². The average molecular weight is 404 g/mol. The van der Waals surface area contributed by atoms with Crippen molar-refractivity contribution < 1.29 is 18.0 Å². The van der Waals surface area contributed by atoms with Gasteiger partial charge in [-0.05, 0) is 31.0 Å². The largest absolute Gasteiger partial charge is 0.389 e. The van der Waals surface area contributed by atoms with E-state index in [9.17, 15) is 18.0 Å². The lowest BCUT2D eigenvalue weighted by Crippen LogP contribution is -2.55. The van der Waals surface area contributed by atoms with E-state index in [0.717, 1.165) is 49.7 Å². The number of rotatable bonds is 4. The molecular weight excluding hydrogens is 379 g/mol. The molecule has 0 saturated carbocycles. The fourth-order valence-corrected chi connectivity index (χ4v) is 4.09. The van der Waals surface area contributed by atoms with Gasteiger partial charge in [-0.1, -0.05) is 17.7 Å². The Morgan fingerprint density at radius 2 is 1.89 bits per heavy atom. The zero-order valence-electron chi connectivity index (χ0n) is 15.2. The van der Waals surface area contributed by atoms with E-state index in [4.69, 9.17) is 11.6 Å². The van der Waals surface area contributed by atoms with Crippen molar-refractivity contribution in [3.63, 3.8) is 0 Å². The van der Waals surface area contributed by atoms with Crippen LogP contribution in [0.3, 0.4) is 0 Å². The molecule has 1 aromatic rings. The third kappa shape index (κ3) is 5.75. The highest BCUT2D eigenvalue weighted by Crippen LogP contribution is 2.25. The molecule has 2 saturated heterocycles. The highest BCUT2D eigenvalue weighted by Gasteiger charge is 2.32. The molecule has 3 rings (SSSR count). The molecule has 4 nitrogen and oxygen atoms in total. The van der Waals surface area contributed by atoms with Crippen LogP contribution < -0.4 is 4.90 Å². The van der Waals surface area contributed by atoms with E-state index < -0.39 is 19.0 Å². The van der Waals surface area contributed by atoms with Gasteiger partial charge in [0.1, 0.15) is 0 Å². The van der Waals surface area contributed by atoms with Crippen LogP contribution in [0.1, 0.15) is 25.7 Å². The smallest absolute Gasteiger partial charge is 0.369 e. The Morgan fingerprint density at radius 1 is 1.15 bits per heavy atom. The topological polar surface area (TPSA) is 26.8 Å². The Hall–Kier alpha value is -1.47. The molecule has 150 valence electrons. The number of hydrogen-bond acceptors (Lipinski definition) is 3. The molecule has 2 aliphatic heterocycles. The van der Waals surface area contributed by atoms with Crippen LogP contribution in [-0.4, -0.2) is 67.2 Å². The number of likely N-dealkylation sites (tertiary alicyclic amines) is 1. The third-order valence-corrected chi connectivity index (χ3v) is 5.61. The van der Waals surface area contributed by atoms with E-state index >= 15 is 0 Å². The second-order valence-corrected chi connectivity index (χ2v) is 7.69. The maximum absolute atomic E-state index is 12.4. The molecule has 1 amide bonds. The predicted octanol–water partition coefficient (Wildman–Crippen LogP) is 3.80. The molecule has 2 heterocycles. The highest BCUT2D eigenvalue weighted by molar-refractivity contribution is 6.30. The summed E-state index contributed by atoms with van der Waals surface area (Å²) in [6.45, 7) is 4.60. The van der Waals surface area contributed by atoms with Crippen LogP contribution in [0.2, 0.25) is 5.02 Å². The zero-order valence-corrected chi connectivity index (χ0v) is 16.0. The fraction of sp³-hybridized carbons (Fsp3) is 0.632. The van der Waals surface area contributed by atoms with E-state index in [2.05, 4.69) is 9.80 Å². The number of anilines is 1.